The predicted octanol–water partition coefficient (Wildman–Crippen LogP) is 3.50. The van der Waals surface area contributed by atoms with Gasteiger partial charge in [-0.05, 0) is 29.8 Å². The molecular formula is C18H17NO4. The van der Waals surface area contributed by atoms with E-state index in [0.717, 1.165) is 22.8 Å². The fourth-order valence-corrected chi connectivity index (χ4v) is 2.42. The Morgan fingerprint density at radius 3 is 2.78 bits per heavy atom. The van der Waals surface area contributed by atoms with Gasteiger partial charge < -0.3 is 18.9 Å². The van der Waals surface area contributed by atoms with Gasteiger partial charge in [-0.1, -0.05) is 12.1 Å². The molecule has 2 aromatic carbocycles. The molecule has 5 nitrogen and oxygen atoms in total. The molecule has 5 heteroatoms. The van der Waals surface area contributed by atoms with E-state index < -0.39 is 0 Å². The number of fused-ring (bicyclic) bond motifs is 1. The van der Waals surface area contributed by atoms with Crippen LogP contribution in [-0.4, -0.2) is 20.5 Å². The average Bonchev–Trinajstić information content (AvgIpc) is 3.06. The monoisotopic (exact) mass is 311 g/mol. The molecular weight excluding hydrogens is 294 g/mol. The Bertz CT molecular complexity index is 723. The number of nitriles is 1. The van der Waals surface area contributed by atoms with Crippen LogP contribution < -0.4 is 18.9 Å². The third-order valence-corrected chi connectivity index (χ3v) is 3.67. The van der Waals surface area contributed by atoms with E-state index >= 15 is 0 Å². The zero-order valence-corrected chi connectivity index (χ0v) is 12.8. The number of benzene rings is 2. The Balaban J connectivity index is 1.60. The lowest BCUT2D eigenvalue weighted by Crippen LogP contribution is -2.04. The molecule has 0 bridgehead atoms. The molecule has 0 saturated heterocycles. The summed E-state index contributed by atoms with van der Waals surface area (Å²) in [6.07, 6.45) is 0.591. The van der Waals surface area contributed by atoms with Gasteiger partial charge in [0.15, 0.2) is 11.5 Å². The quantitative estimate of drug-likeness (QED) is 0.817. The highest BCUT2D eigenvalue weighted by molar-refractivity contribution is 5.46. The molecule has 0 amide bonds. The molecule has 0 spiro atoms. The van der Waals surface area contributed by atoms with Gasteiger partial charge in [0.2, 0.25) is 6.79 Å². The lowest BCUT2D eigenvalue weighted by Gasteiger charge is -2.12. The molecule has 1 unspecified atom stereocenters. The largest absolute Gasteiger partial charge is 0.497 e. The summed E-state index contributed by atoms with van der Waals surface area (Å²) in [7, 11) is 1.62. The van der Waals surface area contributed by atoms with Gasteiger partial charge >= 0.3 is 0 Å². The first-order valence-electron chi connectivity index (χ1n) is 7.36. The van der Waals surface area contributed by atoms with Crippen LogP contribution in [0.5, 0.6) is 23.0 Å². The van der Waals surface area contributed by atoms with E-state index in [4.69, 9.17) is 18.9 Å². The van der Waals surface area contributed by atoms with E-state index in [1.807, 2.05) is 42.5 Å². The molecule has 0 aliphatic carbocycles. The number of ether oxygens (including phenoxy) is 4. The maximum atomic E-state index is 9.41. The summed E-state index contributed by atoms with van der Waals surface area (Å²) in [6, 6.07) is 15.3. The lowest BCUT2D eigenvalue weighted by atomic mass is 9.97. The van der Waals surface area contributed by atoms with Crippen LogP contribution in [0.25, 0.3) is 0 Å². The second-order valence-electron chi connectivity index (χ2n) is 5.11. The van der Waals surface area contributed by atoms with Crippen molar-refractivity contribution in [3.8, 4) is 29.1 Å². The highest BCUT2D eigenvalue weighted by Crippen LogP contribution is 2.35. The molecule has 23 heavy (non-hydrogen) atoms. The zero-order chi connectivity index (χ0) is 16.1. The van der Waals surface area contributed by atoms with E-state index in [0.29, 0.717) is 18.8 Å². The van der Waals surface area contributed by atoms with E-state index in [2.05, 4.69) is 6.07 Å². The number of nitrogens with zero attached hydrogens (tertiary/aromatic N) is 1. The highest BCUT2D eigenvalue weighted by Gasteiger charge is 2.18. The highest BCUT2D eigenvalue weighted by atomic mass is 16.7. The molecule has 1 atom stereocenters. The van der Waals surface area contributed by atoms with Crippen molar-refractivity contribution in [3.63, 3.8) is 0 Å². The Morgan fingerprint density at radius 2 is 1.96 bits per heavy atom. The summed E-state index contributed by atoms with van der Waals surface area (Å²) in [5.41, 5.74) is 0.908. The van der Waals surface area contributed by atoms with Crippen molar-refractivity contribution in [3.05, 3.63) is 48.0 Å². The maximum absolute atomic E-state index is 9.41. The van der Waals surface area contributed by atoms with Crippen LogP contribution in [0.3, 0.4) is 0 Å². The zero-order valence-electron chi connectivity index (χ0n) is 12.8. The minimum absolute atomic E-state index is 0.231. The standard InChI is InChI=1S/C18H17NO4/c1-20-15-3-2-4-16(10-15)21-8-7-14(11-19)13-5-6-17-18(9-13)23-12-22-17/h2-6,9-10,14H,7-8,12H2,1H3. The van der Waals surface area contributed by atoms with Crippen LogP contribution >= 0.6 is 0 Å². The second-order valence-corrected chi connectivity index (χ2v) is 5.11. The third-order valence-electron chi connectivity index (χ3n) is 3.67. The first-order valence-corrected chi connectivity index (χ1v) is 7.36. The lowest BCUT2D eigenvalue weighted by molar-refractivity contribution is 0.174. The minimum Gasteiger partial charge on any atom is -0.497 e. The molecule has 0 N–H and O–H groups in total. The average molecular weight is 311 g/mol. The Hall–Kier alpha value is -2.87. The maximum Gasteiger partial charge on any atom is 0.231 e. The SMILES string of the molecule is COc1cccc(OCCC(C#N)c2ccc3c(c2)OCO3)c1. The first-order chi connectivity index (χ1) is 11.3. The van der Waals surface area contributed by atoms with Crippen LogP contribution in [0.4, 0.5) is 0 Å². The fourth-order valence-electron chi connectivity index (χ4n) is 2.42. The summed E-state index contributed by atoms with van der Waals surface area (Å²) in [6.45, 7) is 0.675. The molecule has 1 heterocycles. The fraction of sp³-hybridized carbons (Fsp3) is 0.278. The van der Waals surface area contributed by atoms with E-state index in [1.165, 1.54) is 0 Å². The van der Waals surface area contributed by atoms with Gasteiger partial charge in [-0.3, -0.25) is 0 Å². The smallest absolute Gasteiger partial charge is 0.231 e. The van der Waals surface area contributed by atoms with E-state index in [-0.39, 0.29) is 12.7 Å². The van der Waals surface area contributed by atoms with Crippen molar-refractivity contribution in [2.45, 2.75) is 12.3 Å². The van der Waals surface area contributed by atoms with E-state index in [9.17, 15) is 5.26 Å². The summed E-state index contributed by atoms with van der Waals surface area (Å²) in [5, 5.41) is 9.41. The van der Waals surface area contributed by atoms with Crippen LogP contribution in [0, 0.1) is 11.3 Å². The molecule has 1 aliphatic rings. The Labute approximate surface area is 135 Å². The van der Waals surface area contributed by atoms with Gasteiger partial charge in [0.1, 0.15) is 11.5 Å². The number of hydrogen-bond acceptors (Lipinski definition) is 5. The molecule has 0 saturated carbocycles. The van der Waals surface area contributed by atoms with Gasteiger partial charge in [0.25, 0.3) is 0 Å². The third kappa shape index (κ3) is 3.49. The predicted molar refractivity (Wildman–Crippen MR) is 84.0 cm³/mol. The van der Waals surface area contributed by atoms with E-state index in [1.54, 1.807) is 7.11 Å². The van der Waals surface area contributed by atoms with Gasteiger partial charge in [-0.2, -0.15) is 5.26 Å². The molecule has 0 aromatic heterocycles. The number of hydrogen-bond donors (Lipinski definition) is 0. The van der Waals surface area contributed by atoms with Crippen molar-refractivity contribution >= 4 is 0 Å². The first kappa shape index (κ1) is 15.0. The Morgan fingerprint density at radius 1 is 1.13 bits per heavy atom. The van der Waals surface area contributed by atoms with Crippen LogP contribution in [0.2, 0.25) is 0 Å². The van der Waals surface area contributed by atoms with Crippen LogP contribution in [0.1, 0.15) is 17.9 Å². The van der Waals surface area contributed by atoms with Crippen LogP contribution in [-0.2, 0) is 0 Å². The molecule has 0 fully saturated rings. The van der Waals surface area contributed by atoms with Crippen molar-refractivity contribution in [1.29, 1.82) is 5.26 Å². The molecule has 2 aromatic rings. The van der Waals surface area contributed by atoms with Gasteiger partial charge in [-0.15, -0.1) is 0 Å². The van der Waals surface area contributed by atoms with Crippen molar-refractivity contribution in [2.75, 3.05) is 20.5 Å². The molecule has 118 valence electrons. The summed E-state index contributed by atoms with van der Waals surface area (Å²) in [5.74, 6) is 2.63. The molecule has 1 aliphatic heterocycles. The normalized spacial score (nSPS) is 13.2. The second kappa shape index (κ2) is 6.93. The number of rotatable bonds is 6. The van der Waals surface area contributed by atoms with Gasteiger partial charge in [-0.25, -0.2) is 0 Å². The minimum atomic E-state index is -0.255. The summed E-state index contributed by atoms with van der Waals surface area (Å²) in [4.78, 5) is 0. The molecule has 3 rings (SSSR count). The van der Waals surface area contributed by atoms with Crippen molar-refractivity contribution < 1.29 is 18.9 Å². The summed E-state index contributed by atoms with van der Waals surface area (Å²) < 4.78 is 21.5. The number of methoxy groups -OCH3 is 1. The van der Waals surface area contributed by atoms with Gasteiger partial charge in [0.05, 0.1) is 25.7 Å². The summed E-state index contributed by atoms with van der Waals surface area (Å²) >= 11 is 0. The molecule has 0 radical (unpaired) electrons. The van der Waals surface area contributed by atoms with Crippen LogP contribution in [0.15, 0.2) is 42.5 Å². The Kier molecular flexibility index (Phi) is 4.53. The van der Waals surface area contributed by atoms with Gasteiger partial charge in [0, 0.05) is 12.5 Å². The topological polar surface area (TPSA) is 60.7 Å². The van der Waals surface area contributed by atoms with Crippen molar-refractivity contribution in [2.24, 2.45) is 0 Å². The van der Waals surface area contributed by atoms with Crippen molar-refractivity contribution in [1.82, 2.24) is 0 Å².